The van der Waals surface area contributed by atoms with Gasteiger partial charge in [-0.2, -0.15) is 0 Å². The molecule has 4 aromatic rings. The van der Waals surface area contributed by atoms with E-state index in [2.05, 4.69) is 15.0 Å². The van der Waals surface area contributed by atoms with E-state index in [-0.39, 0.29) is 22.8 Å². The zero-order valence-electron chi connectivity index (χ0n) is 15.6. The number of nitrogens with zero attached hydrogens (tertiary/aromatic N) is 1. The molecule has 3 heterocycles. The topological polar surface area (TPSA) is 121 Å². The molecule has 29 heavy (non-hydrogen) atoms. The highest BCUT2D eigenvalue weighted by Crippen LogP contribution is 2.36. The van der Waals surface area contributed by atoms with Crippen molar-refractivity contribution >= 4 is 0 Å². The molecule has 8 nitrogen and oxygen atoms in total. The van der Waals surface area contributed by atoms with Crippen LogP contribution in [-0.4, -0.2) is 27.2 Å². The Kier molecular flexibility index (Phi) is 4.52. The van der Waals surface area contributed by atoms with Gasteiger partial charge in [-0.25, -0.2) is 4.98 Å². The standard InChI is InChI=1S/C21H17N3O5/c1-11-10-15(25)18(26)19(29-11)17-16(12-5-7-13(28-2)8-6-12)23-20(24-17)14-4-3-9-22-21(14)27/h3-10,26H,1-2H3,(H,22,27)(H,23,24). The van der Waals surface area contributed by atoms with Crippen LogP contribution < -0.4 is 15.7 Å². The second-order valence-corrected chi connectivity index (χ2v) is 6.35. The number of rotatable bonds is 4. The van der Waals surface area contributed by atoms with Crippen molar-refractivity contribution in [1.82, 2.24) is 15.0 Å². The monoisotopic (exact) mass is 391 g/mol. The number of aryl methyl sites for hydroxylation is 1. The maximum atomic E-state index is 12.2. The lowest BCUT2D eigenvalue weighted by atomic mass is 10.1. The molecule has 0 fully saturated rings. The second-order valence-electron chi connectivity index (χ2n) is 6.35. The fourth-order valence-electron chi connectivity index (χ4n) is 3.00. The number of pyridine rings is 1. The van der Waals surface area contributed by atoms with Crippen LogP contribution >= 0.6 is 0 Å². The normalized spacial score (nSPS) is 10.8. The molecule has 0 unspecified atom stereocenters. The van der Waals surface area contributed by atoms with Crippen LogP contribution in [0, 0.1) is 6.92 Å². The van der Waals surface area contributed by atoms with E-state index in [0.29, 0.717) is 28.3 Å². The number of benzene rings is 1. The average Bonchev–Trinajstić information content (AvgIpc) is 3.16. The fraction of sp³-hybridized carbons (Fsp3) is 0.0952. The van der Waals surface area contributed by atoms with E-state index in [1.165, 1.54) is 12.3 Å². The first kappa shape index (κ1) is 18.3. The molecule has 0 spiro atoms. The number of methoxy groups -OCH3 is 1. The van der Waals surface area contributed by atoms with Crippen molar-refractivity contribution in [3.05, 3.63) is 75.0 Å². The Labute approximate surface area is 164 Å². The third-order valence-electron chi connectivity index (χ3n) is 4.41. The van der Waals surface area contributed by atoms with Crippen LogP contribution in [0.3, 0.4) is 0 Å². The van der Waals surface area contributed by atoms with Crippen LogP contribution in [0.25, 0.3) is 34.1 Å². The van der Waals surface area contributed by atoms with Gasteiger partial charge in [0.25, 0.3) is 5.56 Å². The van der Waals surface area contributed by atoms with Crippen molar-refractivity contribution in [2.75, 3.05) is 7.11 Å². The van der Waals surface area contributed by atoms with Gasteiger partial charge in [0.05, 0.1) is 12.7 Å². The summed E-state index contributed by atoms with van der Waals surface area (Å²) in [5, 5.41) is 10.3. The predicted octanol–water partition coefficient (Wildman–Crippen LogP) is 3.07. The molecule has 4 rings (SSSR count). The Hall–Kier alpha value is -4.07. The van der Waals surface area contributed by atoms with E-state index in [4.69, 9.17) is 9.15 Å². The summed E-state index contributed by atoms with van der Waals surface area (Å²) in [6, 6.07) is 11.6. The smallest absolute Gasteiger partial charge is 0.258 e. The maximum absolute atomic E-state index is 12.2. The van der Waals surface area contributed by atoms with Crippen molar-refractivity contribution in [3.8, 4) is 45.6 Å². The average molecular weight is 391 g/mol. The molecule has 0 saturated heterocycles. The summed E-state index contributed by atoms with van der Waals surface area (Å²) < 4.78 is 10.8. The molecule has 0 amide bonds. The Morgan fingerprint density at radius 2 is 1.90 bits per heavy atom. The Balaban J connectivity index is 1.99. The third kappa shape index (κ3) is 3.31. The van der Waals surface area contributed by atoms with Crippen LogP contribution in [0.4, 0.5) is 0 Å². The van der Waals surface area contributed by atoms with Gasteiger partial charge in [-0.15, -0.1) is 0 Å². The van der Waals surface area contributed by atoms with Crippen molar-refractivity contribution in [3.63, 3.8) is 0 Å². The van der Waals surface area contributed by atoms with Gasteiger partial charge in [-0.05, 0) is 43.3 Å². The van der Waals surface area contributed by atoms with Crippen LogP contribution in [0.15, 0.2) is 62.7 Å². The van der Waals surface area contributed by atoms with E-state index in [0.717, 1.165) is 0 Å². The van der Waals surface area contributed by atoms with Gasteiger partial charge < -0.3 is 24.2 Å². The molecular weight excluding hydrogens is 374 g/mol. The van der Waals surface area contributed by atoms with Crippen molar-refractivity contribution in [1.29, 1.82) is 0 Å². The minimum absolute atomic E-state index is 0.0491. The van der Waals surface area contributed by atoms with Gasteiger partial charge >= 0.3 is 0 Å². The number of imidazole rings is 1. The largest absolute Gasteiger partial charge is 0.501 e. The minimum Gasteiger partial charge on any atom is -0.501 e. The van der Waals surface area contributed by atoms with Gasteiger partial charge in [-0.1, -0.05) is 0 Å². The van der Waals surface area contributed by atoms with Gasteiger partial charge in [0.15, 0.2) is 5.76 Å². The molecule has 0 saturated carbocycles. The third-order valence-corrected chi connectivity index (χ3v) is 4.41. The van der Waals surface area contributed by atoms with E-state index in [9.17, 15) is 14.7 Å². The van der Waals surface area contributed by atoms with E-state index < -0.39 is 11.2 Å². The maximum Gasteiger partial charge on any atom is 0.258 e. The van der Waals surface area contributed by atoms with E-state index >= 15 is 0 Å². The molecule has 0 aliphatic heterocycles. The minimum atomic E-state index is -0.571. The quantitative estimate of drug-likeness (QED) is 0.492. The first-order valence-corrected chi connectivity index (χ1v) is 8.74. The number of aromatic hydroxyl groups is 1. The summed E-state index contributed by atoms with van der Waals surface area (Å²) in [5.74, 6) is 0.679. The van der Waals surface area contributed by atoms with Gasteiger partial charge in [0, 0.05) is 17.8 Å². The molecule has 0 aliphatic rings. The molecule has 1 aromatic carbocycles. The summed E-state index contributed by atoms with van der Waals surface area (Å²) in [6.07, 6.45) is 1.52. The van der Waals surface area contributed by atoms with Gasteiger partial charge in [0.2, 0.25) is 11.2 Å². The summed E-state index contributed by atoms with van der Waals surface area (Å²) in [7, 11) is 1.56. The first-order valence-electron chi connectivity index (χ1n) is 8.74. The molecule has 3 N–H and O–H groups in total. The lowest BCUT2D eigenvalue weighted by Crippen LogP contribution is -2.07. The predicted molar refractivity (Wildman–Crippen MR) is 107 cm³/mol. The van der Waals surface area contributed by atoms with Gasteiger partial charge in [0.1, 0.15) is 28.7 Å². The highest BCUT2D eigenvalue weighted by Gasteiger charge is 2.22. The summed E-state index contributed by atoms with van der Waals surface area (Å²) in [4.78, 5) is 34.5. The molecule has 146 valence electrons. The number of aromatic amines is 2. The molecule has 3 aromatic heterocycles. The van der Waals surface area contributed by atoms with Crippen LogP contribution in [-0.2, 0) is 0 Å². The molecule has 8 heteroatoms. The van der Waals surface area contributed by atoms with Gasteiger partial charge in [-0.3, -0.25) is 9.59 Å². The number of aromatic nitrogens is 3. The number of hydrogen-bond acceptors (Lipinski definition) is 6. The Morgan fingerprint density at radius 1 is 1.14 bits per heavy atom. The number of nitrogens with one attached hydrogen (secondary N) is 2. The lowest BCUT2D eigenvalue weighted by molar-refractivity contribution is 0.415. The van der Waals surface area contributed by atoms with E-state index in [1.54, 1.807) is 50.4 Å². The van der Waals surface area contributed by atoms with Crippen molar-refractivity contribution in [2.24, 2.45) is 0 Å². The molecule has 0 atom stereocenters. The fourth-order valence-corrected chi connectivity index (χ4v) is 3.00. The van der Waals surface area contributed by atoms with Crippen molar-refractivity contribution < 1.29 is 14.3 Å². The summed E-state index contributed by atoms with van der Waals surface area (Å²) >= 11 is 0. The number of H-pyrrole nitrogens is 2. The molecule has 0 radical (unpaired) electrons. The van der Waals surface area contributed by atoms with E-state index in [1.807, 2.05) is 0 Å². The molecular formula is C21H17N3O5. The molecule has 0 bridgehead atoms. The first-order chi connectivity index (χ1) is 14.0. The summed E-state index contributed by atoms with van der Waals surface area (Å²) in [5.41, 5.74) is 0.783. The Morgan fingerprint density at radius 3 is 2.59 bits per heavy atom. The number of hydrogen-bond donors (Lipinski definition) is 3. The Bertz CT molecular complexity index is 1300. The summed E-state index contributed by atoms with van der Waals surface area (Å²) in [6.45, 7) is 1.61. The van der Waals surface area contributed by atoms with Crippen LogP contribution in [0.5, 0.6) is 11.5 Å². The van der Waals surface area contributed by atoms with Crippen LogP contribution in [0.2, 0.25) is 0 Å². The zero-order chi connectivity index (χ0) is 20.5. The number of ether oxygens (including phenoxy) is 1. The lowest BCUT2D eigenvalue weighted by Gasteiger charge is -2.06. The SMILES string of the molecule is COc1ccc(-c2nc(-c3ccc[nH]c3=O)[nH]c2-c2oc(C)cc(=O)c2O)cc1. The highest BCUT2D eigenvalue weighted by molar-refractivity contribution is 5.81. The second kappa shape index (κ2) is 7.16. The van der Waals surface area contributed by atoms with Crippen molar-refractivity contribution in [2.45, 2.75) is 6.92 Å². The molecule has 0 aliphatic carbocycles. The zero-order valence-corrected chi connectivity index (χ0v) is 15.6. The van der Waals surface area contributed by atoms with Crippen LogP contribution in [0.1, 0.15) is 5.76 Å². The highest BCUT2D eigenvalue weighted by atomic mass is 16.5.